The van der Waals surface area contributed by atoms with Gasteiger partial charge in [0.05, 0.1) is 16.6 Å². The number of nitrogens with one attached hydrogen (secondary N) is 1. The van der Waals surface area contributed by atoms with E-state index in [0.29, 0.717) is 18.9 Å². The van der Waals surface area contributed by atoms with Crippen LogP contribution in [0.15, 0.2) is 48.9 Å². The van der Waals surface area contributed by atoms with Gasteiger partial charge in [0, 0.05) is 55.2 Å². The summed E-state index contributed by atoms with van der Waals surface area (Å²) in [6, 6.07) is 12.1. The molecule has 0 radical (unpaired) electrons. The molecule has 3 heterocycles. The van der Waals surface area contributed by atoms with E-state index in [1.807, 2.05) is 24.4 Å². The predicted octanol–water partition coefficient (Wildman–Crippen LogP) is 3.23. The summed E-state index contributed by atoms with van der Waals surface area (Å²) in [6.45, 7) is 3.90. The van der Waals surface area contributed by atoms with Crippen molar-refractivity contribution in [1.82, 2.24) is 24.8 Å². The molecule has 158 valence electrons. The highest BCUT2D eigenvalue weighted by Crippen LogP contribution is 2.25. The molecule has 31 heavy (non-hydrogen) atoms. The molecule has 2 aromatic carbocycles. The molecule has 1 unspecified atom stereocenters. The maximum atomic E-state index is 11.9. The van der Waals surface area contributed by atoms with Crippen molar-refractivity contribution in [3.8, 4) is 0 Å². The molecule has 0 saturated carbocycles. The Kier molecular flexibility index (Phi) is 5.31. The third-order valence-corrected chi connectivity index (χ3v) is 6.31. The van der Waals surface area contributed by atoms with Crippen LogP contribution in [0, 0.1) is 0 Å². The van der Waals surface area contributed by atoms with Crippen molar-refractivity contribution in [3.63, 3.8) is 0 Å². The summed E-state index contributed by atoms with van der Waals surface area (Å²) in [5.41, 5.74) is 10.1. The van der Waals surface area contributed by atoms with Gasteiger partial charge in [-0.2, -0.15) is 0 Å². The standard InChI is InChI=1S/C23H23ClN6O/c24-20-9-26-21-4-2-15(7-19(20)21)10-29-5-6-30(17(12-29)13-31)11-16-1-3-18-22(8-16)27-14-28-23(18)25/h1-4,7-9,13-14,17,26H,5-6,10-12H2,(H2,25,27,28). The van der Waals surface area contributed by atoms with Crippen molar-refractivity contribution >= 4 is 45.5 Å². The fourth-order valence-electron chi connectivity index (χ4n) is 4.32. The molecule has 8 heteroatoms. The normalized spacial score (nSPS) is 18.0. The molecule has 0 aliphatic carbocycles. The van der Waals surface area contributed by atoms with Crippen LogP contribution in [0.3, 0.4) is 0 Å². The maximum Gasteiger partial charge on any atom is 0.138 e. The average Bonchev–Trinajstić information content (AvgIpc) is 3.15. The van der Waals surface area contributed by atoms with Gasteiger partial charge < -0.3 is 15.5 Å². The quantitative estimate of drug-likeness (QED) is 0.468. The van der Waals surface area contributed by atoms with Crippen LogP contribution < -0.4 is 5.73 Å². The van der Waals surface area contributed by atoms with Crippen LogP contribution in [0.4, 0.5) is 5.82 Å². The molecule has 5 rings (SSSR count). The molecule has 1 saturated heterocycles. The molecule has 4 aromatic rings. The lowest BCUT2D eigenvalue weighted by Gasteiger charge is -2.39. The summed E-state index contributed by atoms with van der Waals surface area (Å²) in [5.74, 6) is 0.482. The molecule has 1 fully saturated rings. The molecule has 3 N–H and O–H groups in total. The zero-order chi connectivity index (χ0) is 21.4. The minimum absolute atomic E-state index is 0.153. The molecule has 7 nitrogen and oxygen atoms in total. The number of benzene rings is 2. The van der Waals surface area contributed by atoms with Crippen LogP contribution >= 0.6 is 11.6 Å². The lowest BCUT2D eigenvalue weighted by atomic mass is 10.1. The molecular formula is C23H23ClN6O. The van der Waals surface area contributed by atoms with E-state index in [2.05, 4.69) is 43.0 Å². The number of aromatic nitrogens is 3. The number of nitrogens with zero attached hydrogens (tertiary/aromatic N) is 4. The number of rotatable bonds is 5. The Bertz CT molecular complexity index is 1260. The topological polar surface area (TPSA) is 91.1 Å². The fraction of sp³-hybridized carbons (Fsp3) is 0.261. The Morgan fingerprint density at radius 2 is 1.94 bits per heavy atom. The molecular weight excluding hydrogens is 412 g/mol. The lowest BCUT2D eigenvalue weighted by Crippen LogP contribution is -2.53. The molecule has 0 spiro atoms. The fourth-order valence-corrected chi connectivity index (χ4v) is 4.53. The first-order chi connectivity index (χ1) is 15.1. The number of halogens is 1. The number of aromatic amines is 1. The van der Waals surface area contributed by atoms with Gasteiger partial charge in [-0.05, 0) is 35.4 Å². The zero-order valence-corrected chi connectivity index (χ0v) is 17.7. The van der Waals surface area contributed by atoms with Gasteiger partial charge in [0.2, 0.25) is 0 Å². The summed E-state index contributed by atoms with van der Waals surface area (Å²) >= 11 is 6.26. The smallest absolute Gasteiger partial charge is 0.138 e. The number of anilines is 1. The Labute approximate surface area is 184 Å². The van der Waals surface area contributed by atoms with Crippen molar-refractivity contribution in [2.24, 2.45) is 0 Å². The van der Waals surface area contributed by atoms with Gasteiger partial charge in [-0.15, -0.1) is 0 Å². The second kappa shape index (κ2) is 8.26. The van der Waals surface area contributed by atoms with Crippen LogP contribution in [0.5, 0.6) is 0 Å². The van der Waals surface area contributed by atoms with Crippen molar-refractivity contribution < 1.29 is 4.79 Å². The highest BCUT2D eigenvalue weighted by molar-refractivity contribution is 6.35. The number of hydrogen-bond donors (Lipinski definition) is 2. The Balaban J connectivity index is 1.27. The first-order valence-electron chi connectivity index (χ1n) is 10.3. The summed E-state index contributed by atoms with van der Waals surface area (Å²) in [7, 11) is 0. The third-order valence-electron chi connectivity index (χ3n) is 5.99. The average molecular weight is 435 g/mol. The van der Waals surface area contributed by atoms with Crippen LogP contribution in [-0.2, 0) is 17.9 Å². The number of H-pyrrole nitrogens is 1. The number of aldehydes is 1. The van der Waals surface area contributed by atoms with E-state index < -0.39 is 0 Å². The van der Waals surface area contributed by atoms with Crippen molar-refractivity contribution in [2.45, 2.75) is 19.1 Å². The Morgan fingerprint density at radius 3 is 2.81 bits per heavy atom. The second-order valence-corrected chi connectivity index (χ2v) is 8.44. The van der Waals surface area contributed by atoms with Crippen LogP contribution in [-0.4, -0.2) is 56.7 Å². The van der Waals surface area contributed by atoms with Crippen LogP contribution in [0.2, 0.25) is 5.02 Å². The number of fused-ring (bicyclic) bond motifs is 2. The van der Waals surface area contributed by atoms with Gasteiger partial charge >= 0.3 is 0 Å². The van der Waals surface area contributed by atoms with E-state index in [0.717, 1.165) is 58.3 Å². The van der Waals surface area contributed by atoms with E-state index in [1.165, 1.54) is 11.9 Å². The molecule has 0 amide bonds. The van der Waals surface area contributed by atoms with E-state index in [-0.39, 0.29) is 6.04 Å². The number of nitrogen functional groups attached to an aromatic ring is 1. The first kappa shape index (κ1) is 19.9. The monoisotopic (exact) mass is 434 g/mol. The summed E-state index contributed by atoms with van der Waals surface area (Å²) < 4.78 is 0. The van der Waals surface area contributed by atoms with Crippen LogP contribution in [0.1, 0.15) is 11.1 Å². The summed E-state index contributed by atoms with van der Waals surface area (Å²) in [4.78, 5) is 27.9. The largest absolute Gasteiger partial charge is 0.383 e. The summed E-state index contributed by atoms with van der Waals surface area (Å²) in [5, 5.41) is 2.61. The predicted molar refractivity (Wildman–Crippen MR) is 123 cm³/mol. The van der Waals surface area contributed by atoms with Crippen molar-refractivity contribution in [2.75, 3.05) is 25.4 Å². The number of nitrogens with two attached hydrogens (primary N) is 1. The zero-order valence-electron chi connectivity index (χ0n) is 17.0. The maximum absolute atomic E-state index is 11.9. The first-order valence-corrected chi connectivity index (χ1v) is 10.6. The van der Waals surface area contributed by atoms with E-state index >= 15 is 0 Å². The molecule has 1 aliphatic rings. The lowest BCUT2D eigenvalue weighted by molar-refractivity contribution is -0.115. The number of piperazine rings is 1. The van der Waals surface area contributed by atoms with Gasteiger partial charge in [-0.3, -0.25) is 9.80 Å². The van der Waals surface area contributed by atoms with E-state index in [4.69, 9.17) is 17.3 Å². The number of hydrogen-bond acceptors (Lipinski definition) is 6. The third kappa shape index (κ3) is 3.99. The summed E-state index contributed by atoms with van der Waals surface area (Å²) in [6.07, 6.45) is 4.34. The number of carbonyl (C=O) groups excluding carboxylic acids is 1. The van der Waals surface area contributed by atoms with Gasteiger partial charge in [-0.25, -0.2) is 9.97 Å². The minimum atomic E-state index is -0.153. The van der Waals surface area contributed by atoms with Gasteiger partial charge in [0.25, 0.3) is 0 Å². The van der Waals surface area contributed by atoms with Gasteiger partial charge in [0.1, 0.15) is 18.4 Å². The number of carbonyl (C=O) groups is 1. The highest BCUT2D eigenvalue weighted by Gasteiger charge is 2.27. The molecule has 1 atom stereocenters. The SMILES string of the molecule is Nc1ncnc2cc(CN3CCN(Cc4ccc5[nH]cc(Cl)c5c4)CC3C=O)ccc12. The van der Waals surface area contributed by atoms with E-state index in [9.17, 15) is 4.79 Å². The Morgan fingerprint density at radius 1 is 1.10 bits per heavy atom. The van der Waals surface area contributed by atoms with Crippen molar-refractivity contribution in [3.05, 3.63) is 65.1 Å². The molecule has 0 bridgehead atoms. The van der Waals surface area contributed by atoms with Crippen LogP contribution in [0.25, 0.3) is 21.8 Å². The van der Waals surface area contributed by atoms with Gasteiger partial charge in [0.15, 0.2) is 0 Å². The highest BCUT2D eigenvalue weighted by atomic mass is 35.5. The molecule has 1 aliphatic heterocycles. The molecule has 2 aromatic heterocycles. The second-order valence-electron chi connectivity index (χ2n) is 8.04. The Hall–Kier alpha value is -3.00. The van der Waals surface area contributed by atoms with E-state index in [1.54, 1.807) is 0 Å². The van der Waals surface area contributed by atoms with Crippen molar-refractivity contribution in [1.29, 1.82) is 0 Å². The van der Waals surface area contributed by atoms with Gasteiger partial charge in [-0.1, -0.05) is 23.7 Å². The minimum Gasteiger partial charge on any atom is -0.383 e.